The number of carbonyl (C=O) groups excluding carboxylic acids is 1. The molecule has 1 saturated carbocycles. The molecule has 0 radical (unpaired) electrons. The van der Waals surface area contributed by atoms with E-state index >= 15 is 0 Å². The number of rotatable bonds is 4. The van der Waals surface area contributed by atoms with Crippen molar-refractivity contribution in [2.75, 3.05) is 0 Å². The molecule has 0 heterocycles. The van der Waals surface area contributed by atoms with Crippen LogP contribution >= 0.6 is 0 Å². The number of ketones is 1. The standard InChI is InChI=1S/C20H30O3/c1-13(10-18(22)23)6-8-19(4)14(2)7-9-20(5)15(3)11-16(21)12-17(19)20/h10-11,14,17H,6-9,12H2,1-5H3,(H,22,23)/b13-10+/t14-,17+,19-,20+/m1/s1. The van der Waals surface area contributed by atoms with E-state index in [0.717, 1.165) is 24.8 Å². The van der Waals surface area contributed by atoms with Gasteiger partial charge in [-0.2, -0.15) is 0 Å². The predicted octanol–water partition coefficient (Wildman–Crippen LogP) is 4.78. The molecule has 1 fully saturated rings. The Kier molecular flexibility index (Phi) is 4.89. The number of fused-ring (bicyclic) bond motifs is 1. The van der Waals surface area contributed by atoms with Crippen molar-refractivity contribution in [3.63, 3.8) is 0 Å². The Morgan fingerprint density at radius 2 is 2.09 bits per heavy atom. The Bertz CT molecular complexity index is 571. The number of carboxylic acid groups (broad SMARTS) is 1. The molecule has 3 heteroatoms. The molecule has 4 atom stereocenters. The summed E-state index contributed by atoms with van der Waals surface area (Å²) in [6.07, 6.45) is 7.85. The van der Waals surface area contributed by atoms with Crippen molar-refractivity contribution < 1.29 is 14.7 Å². The van der Waals surface area contributed by atoms with Gasteiger partial charge in [-0.3, -0.25) is 4.79 Å². The van der Waals surface area contributed by atoms with Gasteiger partial charge in [0.1, 0.15) is 0 Å². The summed E-state index contributed by atoms with van der Waals surface area (Å²) in [6, 6.07) is 0. The number of hydrogen-bond acceptors (Lipinski definition) is 2. The lowest BCUT2D eigenvalue weighted by atomic mass is 9.47. The Morgan fingerprint density at radius 3 is 2.70 bits per heavy atom. The van der Waals surface area contributed by atoms with Gasteiger partial charge in [-0.25, -0.2) is 4.79 Å². The Balaban J connectivity index is 2.29. The normalized spacial score (nSPS) is 38.0. The molecule has 1 N–H and O–H groups in total. The minimum Gasteiger partial charge on any atom is -0.478 e. The van der Waals surface area contributed by atoms with Gasteiger partial charge in [-0.15, -0.1) is 0 Å². The highest BCUT2D eigenvalue weighted by Crippen LogP contribution is 2.61. The van der Waals surface area contributed by atoms with Gasteiger partial charge in [0, 0.05) is 12.5 Å². The van der Waals surface area contributed by atoms with Gasteiger partial charge in [-0.05, 0) is 68.3 Å². The molecule has 0 spiro atoms. The molecule has 3 nitrogen and oxygen atoms in total. The summed E-state index contributed by atoms with van der Waals surface area (Å²) in [5, 5.41) is 8.91. The van der Waals surface area contributed by atoms with Crippen molar-refractivity contribution in [2.24, 2.45) is 22.7 Å². The maximum Gasteiger partial charge on any atom is 0.328 e. The van der Waals surface area contributed by atoms with Crippen LogP contribution in [0.25, 0.3) is 0 Å². The van der Waals surface area contributed by atoms with Crippen molar-refractivity contribution in [3.8, 4) is 0 Å². The van der Waals surface area contributed by atoms with Crippen molar-refractivity contribution in [2.45, 2.75) is 66.7 Å². The molecule has 0 aromatic heterocycles. The number of carboxylic acids is 1. The van der Waals surface area contributed by atoms with Crippen LogP contribution in [0, 0.1) is 22.7 Å². The van der Waals surface area contributed by atoms with E-state index in [1.165, 1.54) is 18.1 Å². The van der Waals surface area contributed by atoms with Crippen LogP contribution in [-0.2, 0) is 9.59 Å². The number of carbonyl (C=O) groups is 2. The zero-order valence-corrected chi connectivity index (χ0v) is 15.1. The van der Waals surface area contributed by atoms with Crippen LogP contribution in [0.5, 0.6) is 0 Å². The van der Waals surface area contributed by atoms with Gasteiger partial charge in [-0.1, -0.05) is 31.9 Å². The first-order chi connectivity index (χ1) is 10.6. The SMILES string of the molecule is CC1=CC(=O)C[C@H]2[C@](C)(CC/C(C)=C/C(=O)O)[C@H](C)CC[C@@]12C. The highest BCUT2D eigenvalue weighted by Gasteiger charge is 2.54. The Hall–Kier alpha value is -1.38. The molecule has 0 aromatic rings. The van der Waals surface area contributed by atoms with Gasteiger partial charge < -0.3 is 5.11 Å². The van der Waals surface area contributed by atoms with Gasteiger partial charge in [0.25, 0.3) is 0 Å². The zero-order valence-electron chi connectivity index (χ0n) is 15.1. The third-order valence-electron chi connectivity index (χ3n) is 6.90. The Labute approximate surface area is 139 Å². The van der Waals surface area contributed by atoms with Gasteiger partial charge >= 0.3 is 5.97 Å². The largest absolute Gasteiger partial charge is 0.478 e. The average molecular weight is 318 g/mol. The van der Waals surface area contributed by atoms with E-state index in [1.807, 2.05) is 13.0 Å². The van der Waals surface area contributed by atoms with Crippen molar-refractivity contribution in [1.82, 2.24) is 0 Å². The van der Waals surface area contributed by atoms with Crippen LogP contribution in [0.1, 0.15) is 66.7 Å². The average Bonchev–Trinajstić information content (AvgIpc) is 2.44. The third kappa shape index (κ3) is 3.29. The van der Waals surface area contributed by atoms with Crippen LogP contribution < -0.4 is 0 Å². The van der Waals surface area contributed by atoms with E-state index in [9.17, 15) is 9.59 Å². The first kappa shape index (κ1) is 18.0. The summed E-state index contributed by atoms with van der Waals surface area (Å²) in [6.45, 7) is 10.9. The second-order valence-electron chi connectivity index (χ2n) is 8.24. The zero-order chi connectivity index (χ0) is 17.4. The van der Waals surface area contributed by atoms with E-state index in [1.54, 1.807) is 0 Å². The van der Waals surface area contributed by atoms with Crippen LogP contribution in [-0.4, -0.2) is 16.9 Å². The Morgan fingerprint density at radius 1 is 1.43 bits per heavy atom. The minimum absolute atomic E-state index is 0.0752. The van der Waals surface area contributed by atoms with Gasteiger partial charge in [0.05, 0.1) is 0 Å². The second-order valence-corrected chi connectivity index (χ2v) is 8.24. The molecule has 2 aliphatic carbocycles. The summed E-state index contributed by atoms with van der Waals surface area (Å²) in [7, 11) is 0. The number of hydrogen-bond donors (Lipinski definition) is 1. The number of aliphatic carboxylic acids is 1. The van der Waals surface area contributed by atoms with E-state index in [-0.39, 0.29) is 16.6 Å². The maximum absolute atomic E-state index is 12.2. The van der Waals surface area contributed by atoms with Crippen molar-refractivity contribution >= 4 is 11.8 Å². The topological polar surface area (TPSA) is 54.4 Å². The van der Waals surface area contributed by atoms with Crippen molar-refractivity contribution in [3.05, 3.63) is 23.3 Å². The highest BCUT2D eigenvalue weighted by molar-refractivity contribution is 5.92. The lowest BCUT2D eigenvalue weighted by molar-refractivity contribution is -0.131. The molecular formula is C20H30O3. The van der Waals surface area contributed by atoms with Crippen LogP contribution in [0.15, 0.2) is 23.3 Å². The molecule has 0 aliphatic heterocycles. The van der Waals surface area contributed by atoms with E-state index in [2.05, 4.69) is 27.7 Å². The molecule has 128 valence electrons. The fraction of sp³-hybridized carbons (Fsp3) is 0.700. The van der Waals surface area contributed by atoms with Crippen molar-refractivity contribution in [1.29, 1.82) is 0 Å². The minimum atomic E-state index is -0.874. The monoisotopic (exact) mass is 318 g/mol. The highest BCUT2D eigenvalue weighted by atomic mass is 16.4. The van der Waals surface area contributed by atoms with Gasteiger partial charge in [0.2, 0.25) is 0 Å². The summed E-state index contributed by atoms with van der Waals surface area (Å²) in [4.78, 5) is 23.0. The number of allylic oxidation sites excluding steroid dienone is 3. The summed E-state index contributed by atoms with van der Waals surface area (Å²) >= 11 is 0. The molecule has 0 saturated heterocycles. The summed E-state index contributed by atoms with van der Waals surface area (Å²) in [5.74, 6) is 0.287. The summed E-state index contributed by atoms with van der Waals surface area (Å²) < 4.78 is 0. The van der Waals surface area contributed by atoms with E-state index < -0.39 is 5.97 Å². The molecule has 2 rings (SSSR count). The van der Waals surface area contributed by atoms with Crippen LogP contribution in [0.2, 0.25) is 0 Å². The maximum atomic E-state index is 12.2. The first-order valence-corrected chi connectivity index (χ1v) is 8.71. The molecule has 2 aliphatic rings. The predicted molar refractivity (Wildman–Crippen MR) is 92.1 cm³/mol. The van der Waals surface area contributed by atoms with Crippen LogP contribution in [0.3, 0.4) is 0 Å². The quantitative estimate of drug-likeness (QED) is 0.759. The molecule has 0 amide bonds. The smallest absolute Gasteiger partial charge is 0.328 e. The lowest BCUT2D eigenvalue weighted by Crippen LogP contribution is -2.50. The van der Waals surface area contributed by atoms with E-state index in [0.29, 0.717) is 18.3 Å². The summed E-state index contributed by atoms with van der Waals surface area (Å²) in [5.41, 5.74) is 2.33. The molecule has 23 heavy (non-hydrogen) atoms. The molecule has 0 aromatic carbocycles. The second kappa shape index (κ2) is 6.26. The van der Waals surface area contributed by atoms with Crippen LogP contribution in [0.4, 0.5) is 0 Å². The molecular weight excluding hydrogens is 288 g/mol. The van der Waals surface area contributed by atoms with E-state index in [4.69, 9.17) is 5.11 Å². The fourth-order valence-corrected chi connectivity index (χ4v) is 4.86. The molecule has 0 bridgehead atoms. The lowest BCUT2D eigenvalue weighted by Gasteiger charge is -2.57. The first-order valence-electron chi connectivity index (χ1n) is 8.71. The fourth-order valence-electron chi connectivity index (χ4n) is 4.86. The van der Waals surface area contributed by atoms with Gasteiger partial charge in [0.15, 0.2) is 5.78 Å². The molecule has 0 unspecified atom stereocenters. The third-order valence-corrected chi connectivity index (χ3v) is 6.90.